The van der Waals surface area contributed by atoms with Crippen LogP contribution in [-0.2, 0) is 0 Å². The molecule has 1 aromatic carbocycles. The van der Waals surface area contributed by atoms with E-state index < -0.39 is 0 Å². The second-order valence-electron chi connectivity index (χ2n) is 5.45. The third-order valence-corrected chi connectivity index (χ3v) is 6.65. The molecule has 1 fully saturated rings. The van der Waals surface area contributed by atoms with Crippen LogP contribution in [0.25, 0.3) is 0 Å². The van der Waals surface area contributed by atoms with Crippen molar-refractivity contribution in [3.8, 4) is 11.5 Å². The van der Waals surface area contributed by atoms with E-state index in [0.29, 0.717) is 6.04 Å². The second-order valence-corrected chi connectivity index (χ2v) is 8.01. The van der Waals surface area contributed by atoms with Crippen LogP contribution in [-0.4, -0.2) is 42.3 Å². The molecule has 116 valence electrons. The molecule has 2 aliphatic heterocycles. The van der Waals surface area contributed by atoms with E-state index in [1.54, 1.807) is 0 Å². The first-order chi connectivity index (χ1) is 10.3. The van der Waals surface area contributed by atoms with Gasteiger partial charge in [-0.05, 0) is 24.6 Å². The van der Waals surface area contributed by atoms with Gasteiger partial charge in [-0.1, -0.05) is 6.07 Å². The van der Waals surface area contributed by atoms with Gasteiger partial charge < -0.3 is 14.8 Å². The van der Waals surface area contributed by atoms with Gasteiger partial charge in [0, 0.05) is 41.5 Å². The van der Waals surface area contributed by atoms with Gasteiger partial charge in [-0.3, -0.25) is 0 Å². The summed E-state index contributed by atoms with van der Waals surface area (Å²) in [5, 5.41) is 4.40. The Kier molecular flexibility index (Phi) is 5.61. The van der Waals surface area contributed by atoms with E-state index in [1.165, 1.54) is 22.8 Å². The Balaban J connectivity index is 1.58. The molecule has 0 aliphatic carbocycles. The monoisotopic (exact) mass is 325 g/mol. The SMILES string of the molecule is CC(NCC1CSCCS1)c1ccc2c(c1)OCCCO2. The molecule has 1 N–H and O–H groups in total. The quantitative estimate of drug-likeness (QED) is 0.917. The van der Waals surface area contributed by atoms with E-state index >= 15 is 0 Å². The van der Waals surface area contributed by atoms with Crippen LogP contribution in [0.5, 0.6) is 11.5 Å². The summed E-state index contributed by atoms with van der Waals surface area (Å²) in [7, 11) is 0. The molecular formula is C16H23NO2S2. The zero-order valence-corrected chi connectivity index (χ0v) is 14.1. The van der Waals surface area contributed by atoms with Crippen molar-refractivity contribution < 1.29 is 9.47 Å². The highest BCUT2D eigenvalue weighted by molar-refractivity contribution is 8.06. The molecule has 0 radical (unpaired) electrons. The van der Waals surface area contributed by atoms with Crippen LogP contribution in [0, 0.1) is 0 Å². The molecule has 0 saturated carbocycles. The first-order valence-corrected chi connectivity index (χ1v) is 9.85. The predicted octanol–water partition coefficient (Wildman–Crippen LogP) is 3.35. The number of hydrogen-bond donors (Lipinski definition) is 1. The molecule has 0 bridgehead atoms. The molecule has 2 aliphatic rings. The van der Waals surface area contributed by atoms with Crippen molar-refractivity contribution in [3.63, 3.8) is 0 Å². The number of nitrogens with one attached hydrogen (secondary N) is 1. The van der Waals surface area contributed by atoms with Crippen LogP contribution in [0.2, 0.25) is 0 Å². The van der Waals surface area contributed by atoms with Crippen molar-refractivity contribution in [3.05, 3.63) is 23.8 Å². The molecule has 1 saturated heterocycles. The Labute approximate surface area is 135 Å². The molecule has 2 unspecified atom stereocenters. The lowest BCUT2D eigenvalue weighted by molar-refractivity contribution is 0.297. The Hall–Kier alpha value is -0.520. The maximum absolute atomic E-state index is 5.77. The van der Waals surface area contributed by atoms with Crippen molar-refractivity contribution >= 4 is 23.5 Å². The van der Waals surface area contributed by atoms with Gasteiger partial charge in [0.15, 0.2) is 11.5 Å². The van der Waals surface area contributed by atoms with Crippen LogP contribution >= 0.6 is 23.5 Å². The lowest BCUT2D eigenvalue weighted by Gasteiger charge is -2.24. The first kappa shape index (κ1) is 15.4. The van der Waals surface area contributed by atoms with E-state index in [4.69, 9.17) is 9.47 Å². The summed E-state index contributed by atoms with van der Waals surface area (Å²) < 4.78 is 11.5. The summed E-state index contributed by atoms with van der Waals surface area (Å²) in [5.74, 6) is 5.63. The molecule has 0 spiro atoms. The minimum absolute atomic E-state index is 0.342. The Morgan fingerprint density at radius 3 is 2.90 bits per heavy atom. The van der Waals surface area contributed by atoms with Gasteiger partial charge in [0.05, 0.1) is 13.2 Å². The first-order valence-electron chi connectivity index (χ1n) is 7.65. The Morgan fingerprint density at radius 1 is 1.24 bits per heavy atom. The van der Waals surface area contributed by atoms with E-state index in [2.05, 4.69) is 47.9 Å². The van der Waals surface area contributed by atoms with Gasteiger partial charge >= 0.3 is 0 Å². The van der Waals surface area contributed by atoms with Crippen LogP contribution in [0.1, 0.15) is 24.9 Å². The maximum Gasteiger partial charge on any atom is 0.161 e. The van der Waals surface area contributed by atoms with Gasteiger partial charge in [-0.2, -0.15) is 23.5 Å². The number of hydrogen-bond acceptors (Lipinski definition) is 5. The standard InChI is InChI=1S/C16H23NO2S2/c1-12(17-10-14-11-20-7-8-21-14)13-3-4-15-16(9-13)19-6-2-5-18-15/h3-4,9,12,14,17H,2,5-8,10-11H2,1H3. The van der Waals surface area contributed by atoms with Gasteiger partial charge in [-0.15, -0.1) is 0 Å². The zero-order chi connectivity index (χ0) is 14.5. The number of rotatable bonds is 4. The van der Waals surface area contributed by atoms with Crippen molar-refractivity contribution in [2.24, 2.45) is 0 Å². The molecule has 5 heteroatoms. The maximum atomic E-state index is 5.77. The summed E-state index contributed by atoms with van der Waals surface area (Å²) in [5.41, 5.74) is 1.27. The van der Waals surface area contributed by atoms with E-state index in [1.807, 2.05) is 6.07 Å². The van der Waals surface area contributed by atoms with Crippen molar-refractivity contribution in [1.29, 1.82) is 0 Å². The van der Waals surface area contributed by atoms with Gasteiger partial charge in [-0.25, -0.2) is 0 Å². The number of ether oxygens (including phenoxy) is 2. The molecule has 3 nitrogen and oxygen atoms in total. The smallest absolute Gasteiger partial charge is 0.161 e. The highest BCUT2D eigenvalue weighted by Gasteiger charge is 2.17. The minimum Gasteiger partial charge on any atom is -0.490 e. The fraction of sp³-hybridized carbons (Fsp3) is 0.625. The van der Waals surface area contributed by atoms with E-state index in [0.717, 1.165) is 42.9 Å². The predicted molar refractivity (Wildman–Crippen MR) is 92.0 cm³/mol. The summed E-state index contributed by atoms with van der Waals surface area (Å²) >= 11 is 4.17. The molecule has 2 atom stereocenters. The average Bonchev–Trinajstić information content (AvgIpc) is 2.78. The fourth-order valence-corrected chi connectivity index (χ4v) is 5.15. The average molecular weight is 325 g/mol. The molecule has 3 rings (SSSR count). The van der Waals surface area contributed by atoms with Crippen molar-refractivity contribution in [1.82, 2.24) is 5.32 Å². The van der Waals surface area contributed by atoms with Gasteiger partial charge in [0.25, 0.3) is 0 Å². The molecule has 0 amide bonds. The van der Waals surface area contributed by atoms with Gasteiger partial charge in [0.2, 0.25) is 0 Å². The number of fused-ring (bicyclic) bond motifs is 1. The number of benzene rings is 1. The van der Waals surface area contributed by atoms with Crippen LogP contribution in [0.3, 0.4) is 0 Å². The lowest BCUT2D eigenvalue weighted by Crippen LogP contribution is -2.30. The van der Waals surface area contributed by atoms with Crippen LogP contribution in [0.15, 0.2) is 18.2 Å². The second kappa shape index (κ2) is 7.65. The normalized spacial score (nSPS) is 23.4. The number of thioether (sulfide) groups is 2. The third-order valence-electron chi connectivity index (χ3n) is 3.81. The molecular weight excluding hydrogens is 302 g/mol. The van der Waals surface area contributed by atoms with Crippen molar-refractivity contribution in [2.75, 3.05) is 37.0 Å². The van der Waals surface area contributed by atoms with Crippen molar-refractivity contribution in [2.45, 2.75) is 24.6 Å². The minimum atomic E-state index is 0.342. The molecule has 1 aromatic rings. The molecule has 2 heterocycles. The Bertz CT molecular complexity index is 464. The summed E-state index contributed by atoms with van der Waals surface area (Å²) in [4.78, 5) is 0. The topological polar surface area (TPSA) is 30.5 Å². The lowest BCUT2D eigenvalue weighted by atomic mass is 10.1. The summed E-state index contributed by atoms with van der Waals surface area (Å²) in [6, 6.07) is 6.66. The molecule has 21 heavy (non-hydrogen) atoms. The van der Waals surface area contributed by atoms with E-state index in [9.17, 15) is 0 Å². The summed E-state index contributed by atoms with van der Waals surface area (Å²) in [6.07, 6.45) is 0.953. The van der Waals surface area contributed by atoms with E-state index in [-0.39, 0.29) is 0 Å². The zero-order valence-electron chi connectivity index (χ0n) is 12.5. The largest absolute Gasteiger partial charge is 0.490 e. The fourth-order valence-electron chi connectivity index (χ4n) is 2.53. The molecule has 0 aromatic heterocycles. The van der Waals surface area contributed by atoms with Crippen LogP contribution in [0.4, 0.5) is 0 Å². The van der Waals surface area contributed by atoms with Crippen LogP contribution < -0.4 is 14.8 Å². The third kappa shape index (κ3) is 4.24. The summed E-state index contributed by atoms with van der Waals surface area (Å²) in [6.45, 7) is 4.79. The Morgan fingerprint density at radius 2 is 2.10 bits per heavy atom. The highest BCUT2D eigenvalue weighted by Crippen LogP contribution is 2.32. The highest BCUT2D eigenvalue weighted by atomic mass is 32.2. The van der Waals surface area contributed by atoms with Gasteiger partial charge in [0.1, 0.15) is 0 Å².